The molecule has 0 radical (unpaired) electrons. The van der Waals surface area contributed by atoms with Crippen molar-refractivity contribution in [1.82, 2.24) is 0 Å². The Balaban J connectivity index is 2.98. The Morgan fingerprint density at radius 3 is 1.56 bits per heavy atom. The van der Waals surface area contributed by atoms with E-state index in [0.717, 1.165) is 37.4 Å². The Kier molecular flexibility index (Phi) is 15.6. The summed E-state index contributed by atoms with van der Waals surface area (Å²) in [5.74, 6) is 4.75. The molecule has 0 rings (SSSR count). The summed E-state index contributed by atoms with van der Waals surface area (Å²) in [5, 5.41) is 4.75. The fraction of sp³-hybridized carbons (Fsp3) is 0.800. The molecular formula is C10H16N2S4. The van der Waals surface area contributed by atoms with Gasteiger partial charge in [-0.15, -0.1) is 0 Å². The van der Waals surface area contributed by atoms with E-state index in [9.17, 15) is 0 Å². The molecule has 0 aliphatic carbocycles. The molecule has 90 valence electrons. The molecule has 0 amide bonds. The molecule has 0 atom stereocenters. The van der Waals surface area contributed by atoms with Crippen LogP contribution in [0, 0.1) is 0 Å². The van der Waals surface area contributed by atoms with E-state index in [2.05, 4.69) is 44.7 Å². The maximum Gasteiger partial charge on any atom is 0.0584 e. The van der Waals surface area contributed by atoms with E-state index in [1.807, 2.05) is 23.5 Å². The van der Waals surface area contributed by atoms with E-state index in [1.165, 1.54) is 11.5 Å². The molecule has 16 heavy (non-hydrogen) atoms. The third kappa shape index (κ3) is 14.3. The first-order chi connectivity index (χ1) is 7.91. The Hall–Kier alpha value is 0.300. The summed E-state index contributed by atoms with van der Waals surface area (Å²) in [5.41, 5.74) is 0. The molecule has 0 heterocycles. The molecular weight excluding hydrogens is 276 g/mol. The van der Waals surface area contributed by atoms with Gasteiger partial charge < -0.3 is 0 Å². The van der Waals surface area contributed by atoms with Gasteiger partial charge in [0, 0.05) is 11.5 Å². The first-order valence-electron chi connectivity index (χ1n) is 5.14. The normalized spacial score (nSPS) is 9.25. The van der Waals surface area contributed by atoms with Gasteiger partial charge >= 0.3 is 0 Å². The summed E-state index contributed by atoms with van der Waals surface area (Å²) in [6.45, 7) is 1.64. The van der Waals surface area contributed by atoms with Gasteiger partial charge in [-0.1, -0.05) is 0 Å². The number of isothiocyanates is 2. The summed E-state index contributed by atoms with van der Waals surface area (Å²) in [6.07, 6.45) is 2.20. The number of thioether (sulfide) groups is 2. The highest BCUT2D eigenvalue weighted by Crippen LogP contribution is 2.09. The maximum absolute atomic E-state index is 4.49. The van der Waals surface area contributed by atoms with Crippen LogP contribution in [-0.2, 0) is 0 Å². The predicted octanol–water partition coefficient (Wildman–Crippen LogP) is 3.44. The molecule has 6 heteroatoms. The van der Waals surface area contributed by atoms with E-state index < -0.39 is 0 Å². The Morgan fingerprint density at radius 2 is 1.19 bits per heavy atom. The maximum atomic E-state index is 4.49. The zero-order chi connectivity index (χ0) is 11.9. The minimum Gasteiger partial charge on any atom is -0.233 e. The van der Waals surface area contributed by atoms with Gasteiger partial charge in [-0.3, -0.25) is 0 Å². The fourth-order valence-electron chi connectivity index (χ4n) is 0.905. The van der Waals surface area contributed by atoms with Crippen molar-refractivity contribution in [3.05, 3.63) is 0 Å². The molecule has 0 unspecified atom stereocenters. The third-order valence-corrected chi connectivity index (χ3v) is 4.28. The molecule has 0 saturated heterocycles. The second-order valence-electron chi connectivity index (χ2n) is 2.88. The lowest BCUT2D eigenvalue weighted by Crippen LogP contribution is -1.91. The minimum atomic E-state index is 0.819. The summed E-state index contributed by atoms with van der Waals surface area (Å²) >= 11 is 12.9. The molecule has 0 fully saturated rings. The Morgan fingerprint density at radius 1 is 0.750 bits per heavy atom. The predicted molar refractivity (Wildman–Crippen MR) is 83.7 cm³/mol. The van der Waals surface area contributed by atoms with Crippen LogP contribution in [0.4, 0.5) is 0 Å². The van der Waals surface area contributed by atoms with Crippen molar-refractivity contribution >= 4 is 58.3 Å². The van der Waals surface area contributed by atoms with Gasteiger partial charge in [-0.2, -0.15) is 23.5 Å². The SMILES string of the molecule is S=C=NCCCSCCSCCCN=C=S. The van der Waals surface area contributed by atoms with Crippen LogP contribution in [0.15, 0.2) is 9.98 Å². The van der Waals surface area contributed by atoms with Crippen molar-refractivity contribution in [3.8, 4) is 0 Å². The van der Waals surface area contributed by atoms with Crippen LogP contribution in [0.25, 0.3) is 0 Å². The molecule has 0 saturated carbocycles. The first-order valence-corrected chi connectivity index (χ1v) is 8.27. The molecule has 0 aliphatic rings. The fourth-order valence-corrected chi connectivity index (χ4v) is 3.10. The topological polar surface area (TPSA) is 24.7 Å². The van der Waals surface area contributed by atoms with Crippen molar-refractivity contribution in [2.24, 2.45) is 9.98 Å². The average molecular weight is 293 g/mol. The summed E-state index contributed by atoms with van der Waals surface area (Å²) < 4.78 is 0. The average Bonchev–Trinajstić information content (AvgIpc) is 2.31. The van der Waals surface area contributed by atoms with Gasteiger partial charge in [0.25, 0.3) is 0 Å². The largest absolute Gasteiger partial charge is 0.233 e. The second kappa shape index (κ2) is 15.3. The van der Waals surface area contributed by atoms with E-state index in [4.69, 9.17) is 0 Å². The van der Waals surface area contributed by atoms with Gasteiger partial charge in [0.15, 0.2) is 0 Å². The third-order valence-electron chi connectivity index (χ3n) is 1.62. The molecule has 0 spiro atoms. The van der Waals surface area contributed by atoms with Crippen molar-refractivity contribution in [2.45, 2.75) is 12.8 Å². The standard InChI is InChI=1S/C10H16N2S4/c13-9-11-3-1-5-15-7-8-16-6-2-4-12-10-14/h1-8H2. The van der Waals surface area contributed by atoms with Crippen LogP contribution in [0.2, 0.25) is 0 Å². The van der Waals surface area contributed by atoms with Gasteiger partial charge in [-0.25, -0.2) is 9.98 Å². The Bertz CT molecular complexity index is 219. The molecule has 0 aromatic carbocycles. The molecule has 2 nitrogen and oxygen atoms in total. The molecule has 0 aliphatic heterocycles. The number of rotatable bonds is 11. The van der Waals surface area contributed by atoms with Crippen molar-refractivity contribution < 1.29 is 0 Å². The lowest BCUT2D eigenvalue weighted by atomic mass is 10.5. The van der Waals surface area contributed by atoms with Crippen LogP contribution >= 0.6 is 48.0 Å². The van der Waals surface area contributed by atoms with Crippen molar-refractivity contribution in [1.29, 1.82) is 0 Å². The molecule has 0 bridgehead atoms. The van der Waals surface area contributed by atoms with E-state index in [0.29, 0.717) is 0 Å². The van der Waals surface area contributed by atoms with Crippen LogP contribution in [0.1, 0.15) is 12.8 Å². The molecule has 0 aromatic heterocycles. The summed E-state index contributed by atoms with van der Waals surface area (Å²) in [6, 6.07) is 0. The lowest BCUT2D eigenvalue weighted by molar-refractivity contribution is 0.949. The quantitative estimate of drug-likeness (QED) is 0.331. The molecule has 0 N–H and O–H groups in total. The highest BCUT2D eigenvalue weighted by Gasteiger charge is 1.91. The van der Waals surface area contributed by atoms with Crippen LogP contribution in [-0.4, -0.2) is 46.4 Å². The smallest absolute Gasteiger partial charge is 0.0584 e. The monoisotopic (exact) mass is 292 g/mol. The van der Waals surface area contributed by atoms with E-state index in [-0.39, 0.29) is 0 Å². The van der Waals surface area contributed by atoms with Crippen molar-refractivity contribution in [3.63, 3.8) is 0 Å². The van der Waals surface area contributed by atoms with Crippen molar-refractivity contribution in [2.75, 3.05) is 36.1 Å². The number of hydrogen-bond donors (Lipinski definition) is 0. The summed E-state index contributed by atoms with van der Waals surface area (Å²) in [7, 11) is 0. The van der Waals surface area contributed by atoms with E-state index >= 15 is 0 Å². The van der Waals surface area contributed by atoms with Crippen LogP contribution in [0.5, 0.6) is 0 Å². The number of nitrogens with zero attached hydrogens (tertiary/aromatic N) is 2. The van der Waals surface area contributed by atoms with E-state index in [1.54, 1.807) is 0 Å². The van der Waals surface area contributed by atoms with Crippen LogP contribution in [0.3, 0.4) is 0 Å². The highest BCUT2D eigenvalue weighted by atomic mass is 32.2. The van der Waals surface area contributed by atoms with Gasteiger partial charge in [0.1, 0.15) is 0 Å². The zero-order valence-electron chi connectivity index (χ0n) is 9.18. The molecule has 0 aromatic rings. The number of aliphatic imine (C=N–C) groups is 2. The number of thiocarbonyl (C=S) groups is 2. The lowest BCUT2D eigenvalue weighted by Gasteiger charge is -2.00. The van der Waals surface area contributed by atoms with Gasteiger partial charge in [-0.05, 0) is 48.8 Å². The first kappa shape index (κ1) is 16.3. The minimum absolute atomic E-state index is 0.819. The van der Waals surface area contributed by atoms with Crippen LogP contribution < -0.4 is 0 Å². The zero-order valence-corrected chi connectivity index (χ0v) is 12.5. The van der Waals surface area contributed by atoms with Gasteiger partial charge in [0.2, 0.25) is 0 Å². The second-order valence-corrected chi connectivity index (χ2v) is 5.69. The van der Waals surface area contributed by atoms with Gasteiger partial charge in [0.05, 0.1) is 23.4 Å². The number of hydrogen-bond acceptors (Lipinski definition) is 6. The Labute approximate surface area is 117 Å². The highest BCUT2D eigenvalue weighted by molar-refractivity contribution is 8.02. The summed E-state index contributed by atoms with van der Waals surface area (Å²) in [4.78, 5) is 7.74.